The lowest BCUT2D eigenvalue weighted by atomic mass is 10.0. The first-order valence-electron chi connectivity index (χ1n) is 5.28. The van der Waals surface area contributed by atoms with E-state index in [1.165, 1.54) is 0 Å². The lowest BCUT2D eigenvalue weighted by Crippen LogP contribution is -2.46. The predicted octanol–water partition coefficient (Wildman–Crippen LogP) is -0.293. The summed E-state index contributed by atoms with van der Waals surface area (Å²) in [6.45, 7) is 0. The van der Waals surface area contributed by atoms with Gasteiger partial charge in [-0.15, -0.1) is 12.3 Å². The largest absolute Gasteiger partial charge is 0.480 e. The van der Waals surface area contributed by atoms with Crippen molar-refractivity contribution in [3.05, 3.63) is 0 Å². The molecular weight excluding hydrogens is 208 g/mol. The second-order valence-corrected chi connectivity index (χ2v) is 4.01. The molecule has 1 aliphatic rings. The van der Waals surface area contributed by atoms with Crippen LogP contribution in [0.3, 0.4) is 0 Å². The minimum Gasteiger partial charge on any atom is -0.480 e. The number of amides is 1. The summed E-state index contributed by atoms with van der Waals surface area (Å²) in [5, 5.41) is 11.2. The van der Waals surface area contributed by atoms with Gasteiger partial charge in [-0.2, -0.15) is 0 Å². The summed E-state index contributed by atoms with van der Waals surface area (Å²) in [4.78, 5) is 22.5. The van der Waals surface area contributed by atoms with E-state index in [0.717, 1.165) is 19.3 Å². The van der Waals surface area contributed by atoms with Gasteiger partial charge in [0.05, 0.1) is 5.92 Å². The van der Waals surface area contributed by atoms with Crippen molar-refractivity contribution in [2.24, 2.45) is 11.7 Å². The van der Waals surface area contributed by atoms with Crippen LogP contribution in [-0.2, 0) is 9.59 Å². The highest BCUT2D eigenvalue weighted by Gasteiger charge is 2.32. The molecule has 0 radical (unpaired) electrons. The van der Waals surface area contributed by atoms with E-state index in [0.29, 0.717) is 0 Å². The summed E-state index contributed by atoms with van der Waals surface area (Å²) in [5.74, 6) is 0.540. The van der Waals surface area contributed by atoms with Crippen molar-refractivity contribution in [3.63, 3.8) is 0 Å². The molecule has 4 N–H and O–H groups in total. The SMILES string of the molecule is C#CCC(NC(=O)C1CCCC1N)C(=O)O. The minimum absolute atomic E-state index is 0.0109. The highest BCUT2D eigenvalue weighted by Crippen LogP contribution is 2.24. The number of carbonyl (C=O) groups excluding carboxylic acids is 1. The van der Waals surface area contributed by atoms with Crippen LogP contribution in [0.15, 0.2) is 0 Å². The molecule has 5 heteroatoms. The molecule has 16 heavy (non-hydrogen) atoms. The first-order valence-corrected chi connectivity index (χ1v) is 5.28. The Kier molecular flexibility index (Phi) is 4.32. The summed E-state index contributed by atoms with van der Waals surface area (Å²) in [5.41, 5.74) is 5.76. The highest BCUT2D eigenvalue weighted by molar-refractivity contribution is 5.85. The van der Waals surface area contributed by atoms with E-state index in [2.05, 4.69) is 11.2 Å². The zero-order valence-corrected chi connectivity index (χ0v) is 8.98. The Balaban J connectivity index is 2.55. The van der Waals surface area contributed by atoms with Crippen molar-refractivity contribution >= 4 is 11.9 Å². The second kappa shape index (κ2) is 5.52. The minimum atomic E-state index is -1.11. The smallest absolute Gasteiger partial charge is 0.327 e. The Hall–Kier alpha value is -1.54. The lowest BCUT2D eigenvalue weighted by Gasteiger charge is -2.18. The number of nitrogens with two attached hydrogens (primary N) is 1. The maximum absolute atomic E-state index is 11.7. The molecular formula is C11H16N2O3. The second-order valence-electron chi connectivity index (χ2n) is 4.01. The number of aliphatic carboxylic acids is 1. The van der Waals surface area contributed by atoms with Gasteiger partial charge in [0.25, 0.3) is 0 Å². The van der Waals surface area contributed by atoms with Crippen molar-refractivity contribution < 1.29 is 14.7 Å². The third kappa shape index (κ3) is 2.97. The van der Waals surface area contributed by atoms with Gasteiger partial charge in [-0.3, -0.25) is 4.79 Å². The molecule has 0 spiro atoms. The fraction of sp³-hybridized carbons (Fsp3) is 0.636. The van der Waals surface area contributed by atoms with Gasteiger partial charge >= 0.3 is 5.97 Å². The van der Waals surface area contributed by atoms with Crippen LogP contribution in [0.25, 0.3) is 0 Å². The molecule has 1 fully saturated rings. The standard InChI is InChI=1S/C11H16N2O3/c1-2-4-9(11(15)16)13-10(14)7-5-3-6-8(7)12/h1,7-9H,3-6,12H2,(H,13,14)(H,15,16). The van der Waals surface area contributed by atoms with Crippen molar-refractivity contribution in [1.29, 1.82) is 0 Å². The van der Waals surface area contributed by atoms with E-state index in [1.54, 1.807) is 0 Å². The Morgan fingerprint density at radius 3 is 2.69 bits per heavy atom. The number of terminal acetylenes is 1. The van der Waals surface area contributed by atoms with Gasteiger partial charge in [0.2, 0.25) is 5.91 Å². The molecule has 1 saturated carbocycles. The van der Waals surface area contributed by atoms with E-state index < -0.39 is 12.0 Å². The molecule has 0 aromatic heterocycles. The van der Waals surface area contributed by atoms with Crippen LogP contribution in [0.4, 0.5) is 0 Å². The third-order valence-corrected chi connectivity index (χ3v) is 2.84. The Morgan fingerprint density at radius 2 is 2.25 bits per heavy atom. The van der Waals surface area contributed by atoms with Crippen LogP contribution in [0.2, 0.25) is 0 Å². The average molecular weight is 224 g/mol. The Labute approximate surface area is 94.4 Å². The normalized spacial score (nSPS) is 25.8. The topological polar surface area (TPSA) is 92.4 Å². The van der Waals surface area contributed by atoms with E-state index in [9.17, 15) is 9.59 Å². The van der Waals surface area contributed by atoms with Gasteiger partial charge in [-0.1, -0.05) is 6.42 Å². The number of rotatable bonds is 4. The molecule has 3 unspecified atom stereocenters. The molecule has 1 amide bonds. The molecule has 88 valence electrons. The molecule has 0 aliphatic heterocycles. The monoisotopic (exact) mass is 224 g/mol. The third-order valence-electron chi connectivity index (χ3n) is 2.84. The van der Waals surface area contributed by atoms with Crippen LogP contribution < -0.4 is 11.1 Å². The zero-order valence-electron chi connectivity index (χ0n) is 8.98. The summed E-state index contributed by atoms with van der Waals surface area (Å²) in [6.07, 6.45) is 7.46. The number of carboxylic acid groups (broad SMARTS) is 1. The maximum Gasteiger partial charge on any atom is 0.327 e. The molecule has 3 atom stereocenters. The molecule has 0 aromatic carbocycles. The van der Waals surface area contributed by atoms with Crippen LogP contribution in [0.5, 0.6) is 0 Å². The summed E-state index contributed by atoms with van der Waals surface area (Å²) in [7, 11) is 0. The maximum atomic E-state index is 11.7. The predicted molar refractivity (Wildman–Crippen MR) is 58.3 cm³/mol. The van der Waals surface area contributed by atoms with Crippen molar-refractivity contribution in [1.82, 2.24) is 5.32 Å². The average Bonchev–Trinajstić information content (AvgIpc) is 2.63. The van der Waals surface area contributed by atoms with Crippen LogP contribution in [0, 0.1) is 18.3 Å². The number of carbonyl (C=O) groups is 2. The van der Waals surface area contributed by atoms with Crippen LogP contribution in [0.1, 0.15) is 25.7 Å². The van der Waals surface area contributed by atoms with Crippen LogP contribution >= 0.6 is 0 Å². The fourth-order valence-corrected chi connectivity index (χ4v) is 1.91. The summed E-state index contributed by atoms with van der Waals surface area (Å²) < 4.78 is 0. The highest BCUT2D eigenvalue weighted by atomic mass is 16.4. The lowest BCUT2D eigenvalue weighted by molar-refractivity contribution is -0.142. The van der Waals surface area contributed by atoms with E-state index >= 15 is 0 Å². The molecule has 5 nitrogen and oxygen atoms in total. The van der Waals surface area contributed by atoms with Crippen molar-refractivity contribution in [2.45, 2.75) is 37.8 Å². The van der Waals surface area contributed by atoms with Gasteiger partial charge in [-0.05, 0) is 12.8 Å². The van der Waals surface area contributed by atoms with Gasteiger partial charge in [0.1, 0.15) is 6.04 Å². The molecule has 0 aromatic rings. The zero-order chi connectivity index (χ0) is 12.1. The Bertz CT molecular complexity index is 322. The van der Waals surface area contributed by atoms with Crippen LogP contribution in [-0.4, -0.2) is 29.1 Å². The molecule has 1 rings (SSSR count). The van der Waals surface area contributed by atoms with Gasteiger partial charge in [0, 0.05) is 12.5 Å². The van der Waals surface area contributed by atoms with Crippen molar-refractivity contribution in [2.75, 3.05) is 0 Å². The fourth-order valence-electron chi connectivity index (χ4n) is 1.91. The quantitative estimate of drug-likeness (QED) is 0.572. The van der Waals surface area contributed by atoms with Crippen molar-refractivity contribution in [3.8, 4) is 12.3 Å². The molecule has 1 aliphatic carbocycles. The number of hydrogen-bond donors (Lipinski definition) is 3. The number of carboxylic acids is 1. The number of nitrogens with one attached hydrogen (secondary N) is 1. The first-order chi connectivity index (χ1) is 7.56. The Morgan fingerprint density at radius 1 is 1.56 bits per heavy atom. The van der Waals surface area contributed by atoms with Gasteiger partial charge in [-0.25, -0.2) is 4.79 Å². The molecule has 0 bridgehead atoms. The van der Waals surface area contributed by atoms with E-state index in [-0.39, 0.29) is 24.3 Å². The number of hydrogen-bond acceptors (Lipinski definition) is 3. The van der Waals surface area contributed by atoms with E-state index in [4.69, 9.17) is 17.3 Å². The van der Waals surface area contributed by atoms with Gasteiger partial charge in [0.15, 0.2) is 0 Å². The summed E-state index contributed by atoms with van der Waals surface area (Å²) in [6, 6.07) is -1.18. The van der Waals surface area contributed by atoms with Gasteiger partial charge < -0.3 is 16.2 Å². The van der Waals surface area contributed by atoms with E-state index in [1.807, 2.05) is 0 Å². The molecule has 0 heterocycles. The first kappa shape index (κ1) is 12.5. The molecule has 0 saturated heterocycles. The summed E-state index contributed by atoms with van der Waals surface area (Å²) >= 11 is 0.